The molecule has 0 aliphatic carbocycles. The van der Waals surface area contributed by atoms with E-state index in [1.807, 2.05) is 9.69 Å². The van der Waals surface area contributed by atoms with Gasteiger partial charge < -0.3 is 0 Å². The van der Waals surface area contributed by atoms with E-state index < -0.39 is 0 Å². The van der Waals surface area contributed by atoms with Gasteiger partial charge in [0.1, 0.15) is 5.84 Å². The third kappa shape index (κ3) is 4.20. The molecule has 0 saturated heterocycles. The van der Waals surface area contributed by atoms with Gasteiger partial charge in [0.2, 0.25) is 12.0 Å². The van der Waals surface area contributed by atoms with E-state index in [1.165, 1.54) is 27.8 Å². The van der Waals surface area contributed by atoms with E-state index in [0.29, 0.717) is 13.1 Å². The third-order valence-electron chi connectivity index (χ3n) is 7.14. The Morgan fingerprint density at radius 1 is 0.730 bits per heavy atom. The summed E-state index contributed by atoms with van der Waals surface area (Å²) in [6, 6.07) is 26.0. The van der Waals surface area contributed by atoms with Gasteiger partial charge >= 0.3 is 5.95 Å². The average Bonchev–Trinajstić information content (AvgIpc) is 3.36. The van der Waals surface area contributed by atoms with E-state index in [0.717, 1.165) is 29.1 Å². The van der Waals surface area contributed by atoms with Gasteiger partial charge in [0.05, 0.1) is 13.1 Å². The predicted molar refractivity (Wildman–Crippen MR) is 146 cm³/mol. The number of hydrazone groups is 1. The molecule has 3 heterocycles. The van der Waals surface area contributed by atoms with Crippen LogP contribution in [0.2, 0.25) is 0 Å². The molecule has 0 N–H and O–H groups in total. The summed E-state index contributed by atoms with van der Waals surface area (Å²) in [5, 5.41) is 12.0. The van der Waals surface area contributed by atoms with E-state index in [4.69, 9.17) is 15.2 Å². The maximum Gasteiger partial charge on any atom is 0.388 e. The number of nitrogens with zero attached hydrogens (tertiary/aromatic N) is 7. The molecule has 0 spiro atoms. The number of rotatable bonds is 5. The standard InChI is InChI=1S/C30H32N7/c1-20-6-12-25(13-7-20)18-34-23(4)32-36-28(27-16-10-22(3)11-17-27)37-30(31-29(34)36)35(24(5)33-37)19-26-14-8-21(2)9-15-26/h6-17,28H,18-19H2,1-5H3/q+1. The molecule has 2 aliphatic rings. The van der Waals surface area contributed by atoms with Crippen LogP contribution < -0.4 is 4.57 Å². The fourth-order valence-corrected chi connectivity index (χ4v) is 4.93. The van der Waals surface area contributed by atoms with Gasteiger partial charge in [-0.25, -0.2) is 4.57 Å². The fourth-order valence-electron chi connectivity index (χ4n) is 4.93. The number of benzene rings is 3. The Morgan fingerprint density at radius 2 is 1.30 bits per heavy atom. The first-order valence-electron chi connectivity index (χ1n) is 12.7. The van der Waals surface area contributed by atoms with E-state index in [-0.39, 0.29) is 6.17 Å². The van der Waals surface area contributed by atoms with Crippen molar-refractivity contribution in [3.63, 3.8) is 0 Å². The van der Waals surface area contributed by atoms with Crippen LogP contribution in [-0.4, -0.2) is 31.5 Å². The van der Waals surface area contributed by atoms with Crippen LogP contribution in [0.25, 0.3) is 0 Å². The van der Waals surface area contributed by atoms with Gasteiger partial charge in [-0.1, -0.05) is 99.2 Å². The van der Waals surface area contributed by atoms with Crippen molar-refractivity contribution >= 4 is 17.7 Å². The van der Waals surface area contributed by atoms with E-state index in [2.05, 4.69) is 117 Å². The summed E-state index contributed by atoms with van der Waals surface area (Å²) in [6.45, 7) is 11.8. The van der Waals surface area contributed by atoms with Crippen LogP contribution in [0.4, 0.5) is 5.95 Å². The Labute approximate surface area is 218 Å². The van der Waals surface area contributed by atoms with Crippen LogP contribution in [0, 0.1) is 27.7 Å². The van der Waals surface area contributed by atoms with Gasteiger partial charge in [-0.15, -0.1) is 0 Å². The highest BCUT2D eigenvalue weighted by atomic mass is 15.7. The lowest BCUT2D eigenvalue weighted by Crippen LogP contribution is -2.45. The second kappa shape index (κ2) is 9.00. The van der Waals surface area contributed by atoms with Crippen molar-refractivity contribution in [1.29, 1.82) is 0 Å². The summed E-state index contributed by atoms with van der Waals surface area (Å²) in [6.07, 6.45) is -0.223. The minimum absolute atomic E-state index is 0.223. The zero-order valence-corrected chi connectivity index (χ0v) is 22.1. The van der Waals surface area contributed by atoms with Crippen LogP contribution in [0.3, 0.4) is 0 Å². The van der Waals surface area contributed by atoms with Gasteiger partial charge in [0.15, 0.2) is 0 Å². The summed E-state index contributed by atoms with van der Waals surface area (Å²) in [4.78, 5) is 7.40. The molecule has 3 aromatic carbocycles. The topological polar surface area (TPSA) is 52.9 Å². The molecule has 4 aromatic rings. The fraction of sp³-hybridized carbons (Fsp3) is 0.267. The molecule has 6 rings (SSSR count). The van der Waals surface area contributed by atoms with Crippen molar-refractivity contribution in [3.05, 3.63) is 112 Å². The smallest absolute Gasteiger partial charge is 0.282 e. The Balaban J connectivity index is 1.47. The lowest BCUT2D eigenvalue weighted by atomic mass is 10.1. The largest absolute Gasteiger partial charge is 0.388 e. The summed E-state index contributed by atoms with van der Waals surface area (Å²) in [7, 11) is 0. The van der Waals surface area contributed by atoms with Crippen molar-refractivity contribution in [3.8, 4) is 0 Å². The van der Waals surface area contributed by atoms with Gasteiger partial charge in [-0.05, 0) is 43.9 Å². The summed E-state index contributed by atoms with van der Waals surface area (Å²) >= 11 is 0. The van der Waals surface area contributed by atoms with Gasteiger partial charge in [0.25, 0.3) is 5.96 Å². The average molecular weight is 491 g/mol. The van der Waals surface area contributed by atoms with Crippen molar-refractivity contribution in [2.24, 2.45) is 10.1 Å². The van der Waals surface area contributed by atoms with Crippen LogP contribution in [0.1, 0.15) is 52.3 Å². The van der Waals surface area contributed by atoms with Gasteiger partial charge in [-0.2, -0.15) is 10.1 Å². The molecule has 37 heavy (non-hydrogen) atoms. The zero-order valence-electron chi connectivity index (χ0n) is 22.1. The number of aliphatic imine (C=N–C) groups is 1. The quantitative estimate of drug-likeness (QED) is 0.364. The maximum atomic E-state index is 5.20. The van der Waals surface area contributed by atoms with Crippen molar-refractivity contribution in [1.82, 2.24) is 19.7 Å². The van der Waals surface area contributed by atoms with Crippen LogP contribution in [-0.2, 0) is 13.1 Å². The maximum absolute atomic E-state index is 5.20. The number of hydrogen-bond acceptors (Lipinski definition) is 5. The first kappa shape index (κ1) is 23.2. The summed E-state index contributed by atoms with van der Waals surface area (Å²) < 4.78 is 4.22. The molecule has 0 amide bonds. The predicted octanol–water partition coefficient (Wildman–Crippen LogP) is 5.15. The molecule has 2 aliphatic heterocycles. The van der Waals surface area contributed by atoms with Crippen LogP contribution in [0.15, 0.2) is 82.9 Å². The lowest BCUT2D eigenvalue weighted by molar-refractivity contribution is -0.682. The Kier molecular flexibility index (Phi) is 5.63. The minimum atomic E-state index is -0.223. The summed E-state index contributed by atoms with van der Waals surface area (Å²) in [5.41, 5.74) is 7.30. The van der Waals surface area contributed by atoms with E-state index in [1.54, 1.807) is 0 Å². The number of aromatic nitrogens is 3. The van der Waals surface area contributed by atoms with Crippen LogP contribution in [0.5, 0.6) is 0 Å². The molecular formula is C30H32N7+. The van der Waals surface area contributed by atoms with E-state index in [9.17, 15) is 0 Å². The Bertz CT molecular complexity index is 1510. The third-order valence-corrected chi connectivity index (χ3v) is 7.14. The molecule has 186 valence electrons. The molecular weight excluding hydrogens is 458 g/mol. The number of aryl methyl sites for hydroxylation is 4. The summed E-state index contributed by atoms with van der Waals surface area (Å²) in [5.74, 6) is 3.50. The highest BCUT2D eigenvalue weighted by Gasteiger charge is 2.46. The Hall–Kier alpha value is -4.26. The number of fused-ring (bicyclic) bond motifs is 2. The van der Waals surface area contributed by atoms with Crippen molar-refractivity contribution < 1.29 is 4.57 Å². The molecule has 7 nitrogen and oxygen atoms in total. The zero-order chi connectivity index (χ0) is 25.7. The van der Waals surface area contributed by atoms with Crippen molar-refractivity contribution in [2.75, 3.05) is 0 Å². The number of hydrogen-bond donors (Lipinski definition) is 0. The second-order valence-electron chi connectivity index (χ2n) is 10.1. The second-order valence-corrected chi connectivity index (χ2v) is 10.1. The lowest BCUT2D eigenvalue weighted by Gasteiger charge is -2.28. The highest BCUT2D eigenvalue weighted by Crippen LogP contribution is 2.35. The normalized spacial score (nSPS) is 16.4. The SMILES string of the molecule is CC1=NN2C(=Nc3n(nc(C)[n+]3Cc3ccc(C)cc3)C2c2ccc(C)cc2)N1Cc1ccc(C)cc1. The van der Waals surface area contributed by atoms with Gasteiger partial charge in [0, 0.05) is 12.5 Å². The molecule has 0 saturated carbocycles. The van der Waals surface area contributed by atoms with Crippen molar-refractivity contribution in [2.45, 2.75) is 53.9 Å². The first-order valence-corrected chi connectivity index (χ1v) is 12.7. The van der Waals surface area contributed by atoms with E-state index >= 15 is 0 Å². The molecule has 1 unspecified atom stereocenters. The molecule has 0 fully saturated rings. The number of amidine groups is 1. The molecule has 0 radical (unpaired) electrons. The minimum Gasteiger partial charge on any atom is -0.282 e. The van der Waals surface area contributed by atoms with Crippen LogP contribution >= 0.6 is 0 Å². The monoisotopic (exact) mass is 490 g/mol. The molecule has 1 atom stereocenters. The Morgan fingerprint density at radius 3 is 1.92 bits per heavy atom. The molecule has 0 bridgehead atoms. The van der Waals surface area contributed by atoms with Gasteiger partial charge in [-0.3, -0.25) is 4.90 Å². The molecule has 7 heteroatoms. The first-order chi connectivity index (χ1) is 17.9. The molecule has 1 aromatic heterocycles. The highest BCUT2D eigenvalue weighted by molar-refractivity contribution is 6.03. The number of guanidine groups is 1.